The summed E-state index contributed by atoms with van der Waals surface area (Å²) in [6, 6.07) is 11.2. The van der Waals surface area contributed by atoms with E-state index < -0.39 is 0 Å². The van der Waals surface area contributed by atoms with E-state index >= 15 is 0 Å². The van der Waals surface area contributed by atoms with Gasteiger partial charge in [0.05, 0.1) is 13.7 Å². The highest BCUT2D eigenvalue weighted by Crippen LogP contribution is 2.12. The Morgan fingerprint density at radius 3 is 2.50 bits per heavy atom. The maximum absolute atomic E-state index is 11.8. The molecule has 2 rings (SSSR count). The molecule has 0 fully saturated rings. The highest BCUT2D eigenvalue weighted by molar-refractivity contribution is 5.40. The normalized spacial score (nSPS) is 10.1. The third-order valence-corrected chi connectivity index (χ3v) is 2.80. The second-order valence-electron chi connectivity index (χ2n) is 3.98. The van der Waals surface area contributed by atoms with Gasteiger partial charge in [0.2, 0.25) is 0 Å². The van der Waals surface area contributed by atoms with Crippen LogP contribution in [0.4, 0.5) is 5.69 Å². The fourth-order valence-electron chi connectivity index (χ4n) is 1.72. The number of nitrogens with zero attached hydrogens (tertiary/aromatic N) is 1. The van der Waals surface area contributed by atoms with Crippen LogP contribution >= 0.6 is 0 Å². The molecule has 1 aromatic heterocycles. The molecule has 0 unspecified atom stereocenters. The van der Waals surface area contributed by atoms with Gasteiger partial charge < -0.3 is 14.6 Å². The highest BCUT2D eigenvalue weighted by Gasteiger charge is 1.99. The topological polar surface area (TPSA) is 43.3 Å². The van der Waals surface area contributed by atoms with Gasteiger partial charge in [-0.05, 0) is 23.8 Å². The Hall–Kier alpha value is -2.23. The number of ether oxygens (including phenoxy) is 1. The lowest BCUT2D eigenvalue weighted by Crippen LogP contribution is -2.19. The molecular formula is C14H16N2O2. The Morgan fingerprint density at radius 2 is 1.94 bits per heavy atom. The Labute approximate surface area is 106 Å². The maximum Gasteiger partial charge on any atom is 0.252 e. The average molecular weight is 244 g/mol. The van der Waals surface area contributed by atoms with Crippen molar-refractivity contribution >= 4 is 5.69 Å². The first-order valence-corrected chi connectivity index (χ1v) is 5.74. The molecular weight excluding hydrogens is 228 g/mol. The second-order valence-corrected chi connectivity index (χ2v) is 3.98. The van der Waals surface area contributed by atoms with Crippen LogP contribution in [0.2, 0.25) is 0 Å². The predicted octanol–water partition coefficient (Wildman–Crippen LogP) is 1.95. The molecule has 0 saturated carbocycles. The van der Waals surface area contributed by atoms with Crippen LogP contribution in [0.15, 0.2) is 47.4 Å². The van der Waals surface area contributed by atoms with Gasteiger partial charge in [0.15, 0.2) is 0 Å². The minimum Gasteiger partial charge on any atom is -0.497 e. The quantitative estimate of drug-likeness (QED) is 0.894. The first kappa shape index (κ1) is 12.2. The van der Waals surface area contributed by atoms with E-state index in [1.54, 1.807) is 31.0 Å². The van der Waals surface area contributed by atoms with Gasteiger partial charge in [-0.1, -0.05) is 12.1 Å². The fourth-order valence-corrected chi connectivity index (χ4v) is 1.72. The lowest BCUT2D eigenvalue weighted by atomic mass is 10.2. The molecule has 1 aromatic carbocycles. The Kier molecular flexibility index (Phi) is 3.67. The van der Waals surface area contributed by atoms with E-state index in [0.29, 0.717) is 6.54 Å². The molecule has 0 radical (unpaired) electrons. The van der Waals surface area contributed by atoms with Crippen LogP contribution in [0.1, 0.15) is 5.56 Å². The zero-order chi connectivity index (χ0) is 13.0. The third-order valence-electron chi connectivity index (χ3n) is 2.80. The largest absolute Gasteiger partial charge is 0.497 e. The van der Waals surface area contributed by atoms with Crippen LogP contribution in [0.3, 0.4) is 0 Å². The zero-order valence-corrected chi connectivity index (χ0v) is 10.5. The summed E-state index contributed by atoms with van der Waals surface area (Å²) in [5, 5.41) is 2.94. The molecule has 4 heteroatoms. The van der Waals surface area contributed by atoms with E-state index in [1.165, 1.54) is 0 Å². The lowest BCUT2D eigenvalue weighted by Gasteiger charge is -2.08. The SMILES string of the molecule is CNc1ccn(Cc2ccc(OC)cc2)c(=O)c1. The second kappa shape index (κ2) is 5.40. The first-order valence-electron chi connectivity index (χ1n) is 5.74. The summed E-state index contributed by atoms with van der Waals surface area (Å²) in [5.41, 5.74) is 1.87. The molecule has 2 aromatic rings. The summed E-state index contributed by atoms with van der Waals surface area (Å²) in [6.07, 6.45) is 1.79. The van der Waals surface area contributed by atoms with E-state index in [9.17, 15) is 4.79 Å². The van der Waals surface area contributed by atoms with Crippen LogP contribution in [-0.4, -0.2) is 18.7 Å². The molecule has 18 heavy (non-hydrogen) atoms. The van der Waals surface area contributed by atoms with Crippen molar-refractivity contribution in [2.24, 2.45) is 0 Å². The van der Waals surface area contributed by atoms with Crippen LogP contribution < -0.4 is 15.6 Å². The molecule has 0 bridgehead atoms. The van der Waals surface area contributed by atoms with Gasteiger partial charge in [-0.25, -0.2) is 0 Å². The number of anilines is 1. The van der Waals surface area contributed by atoms with Crippen LogP contribution in [0.5, 0.6) is 5.75 Å². The highest BCUT2D eigenvalue weighted by atomic mass is 16.5. The van der Waals surface area contributed by atoms with Crippen molar-refractivity contribution in [1.82, 2.24) is 4.57 Å². The van der Waals surface area contributed by atoms with E-state index in [0.717, 1.165) is 17.0 Å². The predicted molar refractivity (Wildman–Crippen MR) is 72.3 cm³/mol. The standard InChI is InChI=1S/C14H16N2O2/c1-15-12-7-8-16(14(17)9-12)10-11-3-5-13(18-2)6-4-11/h3-9,15H,10H2,1-2H3. The van der Waals surface area contributed by atoms with Gasteiger partial charge >= 0.3 is 0 Å². The summed E-state index contributed by atoms with van der Waals surface area (Å²) in [4.78, 5) is 11.8. The van der Waals surface area contributed by atoms with E-state index in [4.69, 9.17) is 4.74 Å². The molecule has 0 atom stereocenters. The number of methoxy groups -OCH3 is 1. The third kappa shape index (κ3) is 2.71. The Balaban J connectivity index is 2.20. The molecule has 0 aliphatic rings. The van der Waals surface area contributed by atoms with Crippen molar-refractivity contribution < 1.29 is 4.74 Å². The zero-order valence-electron chi connectivity index (χ0n) is 10.5. The Morgan fingerprint density at radius 1 is 1.22 bits per heavy atom. The van der Waals surface area contributed by atoms with Crippen molar-refractivity contribution in [1.29, 1.82) is 0 Å². The molecule has 94 valence electrons. The molecule has 0 saturated heterocycles. The summed E-state index contributed by atoms with van der Waals surface area (Å²) in [5.74, 6) is 0.816. The fraction of sp³-hybridized carbons (Fsp3) is 0.214. The minimum absolute atomic E-state index is 0.0160. The average Bonchev–Trinajstić information content (AvgIpc) is 2.42. The monoisotopic (exact) mass is 244 g/mol. The molecule has 4 nitrogen and oxygen atoms in total. The first-order chi connectivity index (χ1) is 8.72. The summed E-state index contributed by atoms with van der Waals surface area (Å²) in [7, 11) is 3.43. The molecule has 0 amide bonds. The van der Waals surface area contributed by atoms with Gasteiger partial charge in [-0.15, -0.1) is 0 Å². The summed E-state index contributed by atoms with van der Waals surface area (Å²) < 4.78 is 6.77. The molecule has 0 aliphatic carbocycles. The number of rotatable bonds is 4. The molecule has 1 N–H and O–H groups in total. The Bertz CT molecular complexity index is 573. The van der Waals surface area contributed by atoms with Crippen molar-refractivity contribution in [2.75, 3.05) is 19.5 Å². The lowest BCUT2D eigenvalue weighted by molar-refractivity contribution is 0.414. The number of hydrogen-bond donors (Lipinski definition) is 1. The van der Waals surface area contributed by atoms with Crippen LogP contribution in [-0.2, 0) is 6.54 Å². The number of aromatic nitrogens is 1. The van der Waals surface area contributed by atoms with Gasteiger partial charge in [-0.2, -0.15) is 0 Å². The van der Waals surface area contributed by atoms with E-state index in [-0.39, 0.29) is 5.56 Å². The summed E-state index contributed by atoms with van der Waals surface area (Å²) in [6.45, 7) is 0.562. The van der Waals surface area contributed by atoms with E-state index in [2.05, 4.69) is 5.32 Å². The van der Waals surface area contributed by atoms with Crippen molar-refractivity contribution in [3.05, 3.63) is 58.5 Å². The van der Waals surface area contributed by atoms with Crippen molar-refractivity contribution in [3.63, 3.8) is 0 Å². The number of nitrogens with one attached hydrogen (secondary N) is 1. The molecule has 0 aliphatic heterocycles. The maximum atomic E-state index is 11.8. The smallest absolute Gasteiger partial charge is 0.252 e. The number of benzene rings is 1. The number of hydrogen-bond acceptors (Lipinski definition) is 3. The van der Waals surface area contributed by atoms with Crippen LogP contribution in [0, 0.1) is 0 Å². The molecule has 0 spiro atoms. The van der Waals surface area contributed by atoms with Crippen LogP contribution in [0.25, 0.3) is 0 Å². The van der Waals surface area contributed by atoms with Gasteiger partial charge in [0.1, 0.15) is 5.75 Å². The van der Waals surface area contributed by atoms with Gasteiger partial charge in [-0.3, -0.25) is 4.79 Å². The minimum atomic E-state index is -0.0160. The van der Waals surface area contributed by atoms with Gasteiger partial charge in [0.25, 0.3) is 5.56 Å². The van der Waals surface area contributed by atoms with Crippen molar-refractivity contribution in [3.8, 4) is 5.75 Å². The molecule has 1 heterocycles. The number of pyridine rings is 1. The van der Waals surface area contributed by atoms with E-state index in [1.807, 2.05) is 30.3 Å². The van der Waals surface area contributed by atoms with Crippen molar-refractivity contribution in [2.45, 2.75) is 6.54 Å². The van der Waals surface area contributed by atoms with Gasteiger partial charge in [0, 0.05) is 25.0 Å². The summed E-state index contributed by atoms with van der Waals surface area (Å²) >= 11 is 0.